The second-order valence-electron chi connectivity index (χ2n) is 6.46. The number of phenolic OH excluding ortho intramolecular Hbond substituents is 1. The number of nitrogens with zero attached hydrogens (tertiary/aromatic N) is 3. The molecule has 7 nitrogen and oxygen atoms in total. The van der Waals surface area contributed by atoms with Gasteiger partial charge in [0.05, 0.1) is 22.3 Å². The molecule has 4 rings (SSSR count). The zero-order valence-corrected chi connectivity index (χ0v) is 14.6. The van der Waals surface area contributed by atoms with Gasteiger partial charge in [-0.1, -0.05) is 6.58 Å². The zero-order chi connectivity index (χ0) is 19.0. The zero-order valence-electron chi connectivity index (χ0n) is 14.6. The maximum Gasteiger partial charge on any atom is 0.336 e. The highest BCUT2D eigenvalue weighted by Gasteiger charge is 2.25. The van der Waals surface area contributed by atoms with Gasteiger partial charge >= 0.3 is 5.97 Å². The Labute approximate surface area is 155 Å². The van der Waals surface area contributed by atoms with Gasteiger partial charge in [-0.2, -0.15) is 5.10 Å². The van der Waals surface area contributed by atoms with Crippen LogP contribution in [0.5, 0.6) is 5.75 Å². The Hall–Kier alpha value is -3.19. The molecule has 0 radical (unpaired) electrons. The van der Waals surface area contributed by atoms with Crippen molar-refractivity contribution in [3.05, 3.63) is 48.2 Å². The number of rotatable bonds is 4. The van der Waals surface area contributed by atoms with Crippen LogP contribution in [0.25, 0.3) is 28.4 Å². The Morgan fingerprint density at radius 2 is 2.07 bits per heavy atom. The molecule has 0 amide bonds. The number of carboxylic acid groups (broad SMARTS) is 1. The molecule has 1 fully saturated rings. The molecule has 1 saturated heterocycles. The smallest absolute Gasteiger partial charge is 0.336 e. The molecule has 2 aromatic heterocycles. The summed E-state index contributed by atoms with van der Waals surface area (Å²) >= 11 is 0. The first-order valence-corrected chi connectivity index (χ1v) is 8.78. The lowest BCUT2D eigenvalue weighted by Crippen LogP contribution is -2.19. The van der Waals surface area contributed by atoms with E-state index in [2.05, 4.69) is 16.7 Å². The number of aromatic carboxylic acids is 1. The van der Waals surface area contributed by atoms with Crippen molar-refractivity contribution in [2.45, 2.75) is 25.5 Å². The summed E-state index contributed by atoms with van der Waals surface area (Å²) in [6.07, 6.45) is 4.06. The van der Waals surface area contributed by atoms with E-state index in [0.717, 1.165) is 19.3 Å². The first-order chi connectivity index (χ1) is 13.1. The van der Waals surface area contributed by atoms with Gasteiger partial charge in [-0.3, -0.25) is 0 Å². The van der Waals surface area contributed by atoms with E-state index in [-0.39, 0.29) is 17.5 Å². The molecule has 0 spiro atoms. The van der Waals surface area contributed by atoms with Crippen LogP contribution in [-0.2, 0) is 4.74 Å². The van der Waals surface area contributed by atoms with Crippen LogP contribution in [0.1, 0.15) is 41.5 Å². The molecular formula is C20H19N3O4. The normalized spacial score (nSPS) is 17.1. The minimum Gasteiger partial charge on any atom is -0.508 e. The average Bonchev–Trinajstić information content (AvgIpc) is 3.07. The molecule has 1 unspecified atom stereocenters. The molecule has 1 aliphatic rings. The molecule has 0 bridgehead atoms. The van der Waals surface area contributed by atoms with Crippen molar-refractivity contribution in [3.63, 3.8) is 0 Å². The molecule has 0 aliphatic carbocycles. The van der Waals surface area contributed by atoms with Crippen LogP contribution < -0.4 is 0 Å². The van der Waals surface area contributed by atoms with E-state index in [1.807, 2.05) is 0 Å². The van der Waals surface area contributed by atoms with Gasteiger partial charge in [0.1, 0.15) is 5.75 Å². The first-order valence-electron chi connectivity index (χ1n) is 8.78. The van der Waals surface area contributed by atoms with Crippen LogP contribution in [-0.4, -0.2) is 37.6 Å². The highest BCUT2D eigenvalue weighted by molar-refractivity contribution is 6.05. The summed E-state index contributed by atoms with van der Waals surface area (Å²) in [5.41, 5.74) is 2.24. The summed E-state index contributed by atoms with van der Waals surface area (Å²) in [4.78, 5) is 16.6. The Kier molecular flexibility index (Phi) is 4.37. The van der Waals surface area contributed by atoms with E-state index >= 15 is 0 Å². The molecule has 1 atom stereocenters. The SMILES string of the molecule is C=Cc1nn(C2CCCCO2)c2nc(-c3ccc(O)cc3)cc(C(=O)O)c12. The van der Waals surface area contributed by atoms with Crippen molar-refractivity contribution in [3.8, 4) is 17.0 Å². The second kappa shape index (κ2) is 6.85. The van der Waals surface area contributed by atoms with Gasteiger partial charge in [-0.25, -0.2) is 14.5 Å². The fraction of sp³-hybridized carbons (Fsp3) is 0.250. The maximum atomic E-state index is 11.9. The van der Waals surface area contributed by atoms with Crippen molar-refractivity contribution >= 4 is 23.1 Å². The molecule has 3 aromatic rings. The summed E-state index contributed by atoms with van der Waals surface area (Å²) in [5.74, 6) is -0.928. The lowest BCUT2D eigenvalue weighted by atomic mass is 10.1. The molecule has 7 heteroatoms. The summed E-state index contributed by atoms with van der Waals surface area (Å²) in [6.45, 7) is 4.40. The number of fused-ring (bicyclic) bond motifs is 1. The fourth-order valence-electron chi connectivity index (χ4n) is 3.37. The minimum atomic E-state index is -1.06. The quantitative estimate of drug-likeness (QED) is 0.729. The highest BCUT2D eigenvalue weighted by Crippen LogP contribution is 2.32. The van der Waals surface area contributed by atoms with E-state index in [4.69, 9.17) is 4.74 Å². The van der Waals surface area contributed by atoms with Crippen molar-refractivity contribution in [2.24, 2.45) is 0 Å². The van der Waals surface area contributed by atoms with E-state index in [0.29, 0.717) is 34.6 Å². The molecule has 2 N–H and O–H groups in total. The molecule has 27 heavy (non-hydrogen) atoms. The lowest BCUT2D eigenvalue weighted by Gasteiger charge is -2.23. The highest BCUT2D eigenvalue weighted by atomic mass is 16.5. The van der Waals surface area contributed by atoms with Gasteiger partial charge in [0.15, 0.2) is 11.9 Å². The van der Waals surface area contributed by atoms with Crippen LogP contribution in [0.15, 0.2) is 36.9 Å². The van der Waals surface area contributed by atoms with E-state index < -0.39 is 5.97 Å². The number of hydrogen-bond acceptors (Lipinski definition) is 5. The molecule has 3 heterocycles. The second-order valence-corrected chi connectivity index (χ2v) is 6.46. The molecule has 138 valence electrons. The predicted molar refractivity (Wildman–Crippen MR) is 101 cm³/mol. The van der Waals surface area contributed by atoms with Crippen molar-refractivity contribution in [1.29, 1.82) is 0 Å². The number of carboxylic acids is 1. The number of benzene rings is 1. The van der Waals surface area contributed by atoms with Gasteiger partial charge in [-0.15, -0.1) is 0 Å². The average molecular weight is 365 g/mol. The number of ether oxygens (including phenoxy) is 1. The van der Waals surface area contributed by atoms with Crippen LogP contribution in [0, 0.1) is 0 Å². The summed E-state index contributed by atoms with van der Waals surface area (Å²) in [7, 11) is 0. The van der Waals surface area contributed by atoms with Crippen molar-refractivity contribution < 1.29 is 19.7 Å². The molecular weight excluding hydrogens is 346 g/mol. The molecule has 1 aromatic carbocycles. The number of phenols is 1. The number of carbonyl (C=O) groups is 1. The van der Waals surface area contributed by atoms with Crippen LogP contribution in [0.2, 0.25) is 0 Å². The third-order valence-corrected chi connectivity index (χ3v) is 4.70. The van der Waals surface area contributed by atoms with E-state index in [9.17, 15) is 15.0 Å². The Morgan fingerprint density at radius 3 is 2.70 bits per heavy atom. The lowest BCUT2D eigenvalue weighted by molar-refractivity contribution is -0.0370. The van der Waals surface area contributed by atoms with Gasteiger partial charge in [-0.05, 0) is 55.7 Å². The van der Waals surface area contributed by atoms with Gasteiger partial charge in [0.2, 0.25) is 0 Å². The van der Waals surface area contributed by atoms with E-state index in [1.165, 1.54) is 12.1 Å². The van der Waals surface area contributed by atoms with Gasteiger partial charge < -0.3 is 14.9 Å². The van der Waals surface area contributed by atoms with Crippen molar-refractivity contribution in [1.82, 2.24) is 14.8 Å². The summed E-state index contributed by atoms with van der Waals surface area (Å²) in [5, 5.41) is 24.3. The molecule has 0 saturated carbocycles. The van der Waals surface area contributed by atoms with Crippen LogP contribution in [0.4, 0.5) is 0 Å². The monoisotopic (exact) mass is 365 g/mol. The third kappa shape index (κ3) is 3.06. The number of pyridine rings is 1. The Balaban J connectivity index is 1.97. The predicted octanol–water partition coefficient (Wildman–Crippen LogP) is 3.84. The summed E-state index contributed by atoms with van der Waals surface area (Å²) in [6, 6.07) is 8.00. The van der Waals surface area contributed by atoms with Crippen LogP contribution >= 0.6 is 0 Å². The van der Waals surface area contributed by atoms with Gasteiger partial charge in [0.25, 0.3) is 0 Å². The van der Waals surface area contributed by atoms with E-state index in [1.54, 1.807) is 28.9 Å². The Bertz CT molecular complexity index is 1020. The van der Waals surface area contributed by atoms with Crippen molar-refractivity contribution in [2.75, 3.05) is 6.61 Å². The fourth-order valence-corrected chi connectivity index (χ4v) is 3.37. The largest absolute Gasteiger partial charge is 0.508 e. The number of hydrogen-bond donors (Lipinski definition) is 2. The number of aromatic nitrogens is 3. The summed E-state index contributed by atoms with van der Waals surface area (Å²) < 4.78 is 7.51. The molecule has 1 aliphatic heterocycles. The van der Waals surface area contributed by atoms with Gasteiger partial charge in [0, 0.05) is 12.2 Å². The third-order valence-electron chi connectivity index (χ3n) is 4.70. The maximum absolute atomic E-state index is 11.9. The Morgan fingerprint density at radius 1 is 1.30 bits per heavy atom. The topological polar surface area (TPSA) is 97.5 Å². The minimum absolute atomic E-state index is 0.111. The number of aromatic hydroxyl groups is 1. The standard InChI is InChI=1S/C20H19N3O4/c1-2-15-18-14(20(25)26)11-16(12-6-8-13(24)9-7-12)21-19(18)23(22-15)17-5-3-4-10-27-17/h2,6-9,11,17,24H,1,3-5,10H2,(H,25,26). The first kappa shape index (κ1) is 17.2. The van der Waals surface area contributed by atoms with Crippen LogP contribution in [0.3, 0.4) is 0 Å².